The van der Waals surface area contributed by atoms with Crippen LogP contribution in [-0.4, -0.2) is 7.05 Å². The summed E-state index contributed by atoms with van der Waals surface area (Å²) in [5.41, 5.74) is 1.36. The molecule has 1 nitrogen and oxygen atoms in total. The van der Waals surface area contributed by atoms with Gasteiger partial charge in [0.1, 0.15) is 0 Å². The summed E-state index contributed by atoms with van der Waals surface area (Å²) in [5, 5.41) is 3.17. The van der Waals surface area contributed by atoms with E-state index in [0.29, 0.717) is 6.04 Å². The molecule has 0 fully saturated rings. The molecule has 15 heavy (non-hydrogen) atoms. The fraction of sp³-hybridized carbons (Fsp3) is 0.231. The first-order valence-corrected chi connectivity index (χ1v) is 4.90. The van der Waals surface area contributed by atoms with Gasteiger partial charge >= 0.3 is 17.1 Å². The minimum absolute atomic E-state index is 0. The first-order chi connectivity index (χ1) is 6.84. The average Bonchev–Trinajstić information content (AvgIpc) is 2.91. The molecule has 2 heteroatoms. The molecule has 82 valence electrons. The van der Waals surface area contributed by atoms with Crippen LogP contribution in [0.3, 0.4) is 0 Å². The summed E-state index contributed by atoms with van der Waals surface area (Å²) in [7, 11) is 1.97. The van der Waals surface area contributed by atoms with E-state index in [1.165, 1.54) is 5.56 Å². The van der Waals surface area contributed by atoms with Gasteiger partial charge in [0.15, 0.2) is 0 Å². The van der Waals surface area contributed by atoms with Gasteiger partial charge in [0.2, 0.25) is 0 Å². The number of hydrogen-bond acceptors (Lipinski definition) is 1. The predicted molar refractivity (Wildman–Crippen MR) is 61.5 cm³/mol. The first kappa shape index (κ1) is 14.2. The van der Waals surface area contributed by atoms with Crippen LogP contribution in [0.15, 0.2) is 54.6 Å². The third-order valence-electron chi connectivity index (χ3n) is 2.18. The molecule has 0 aliphatic rings. The molecule has 2 aromatic carbocycles. The van der Waals surface area contributed by atoms with Crippen LogP contribution in [0.2, 0.25) is 0 Å². The van der Waals surface area contributed by atoms with E-state index in [4.69, 9.17) is 0 Å². The molecule has 0 saturated carbocycles. The first-order valence-electron chi connectivity index (χ1n) is 4.90. The summed E-state index contributed by atoms with van der Waals surface area (Å²) in [5.74, 6) is 0. The fourth-order valence-corrected chi connectivity index (χ4v) is 1.16. The summed E-state index contributed by atoms with van der Waals surface area (Å²) in [6, 6.07) is 18.9. The second kappa shape index (κ2) is 8.48. The van der Waals surface area contributed by atoms with Crippen LogP contribution < -0.4 is 5.32 Å². The van der Waals surface area contributed by atoms with Crippen LogP contribution in [0, 0.1) is 0 Å². The van der Waals surface area contributed by atoms with E-state index in [1.54, 1.807) is 0 Å². The van der Waals surface area contributed by atoms with Crippen LogP contribution in [0.1, 0.15) is 18.5 Å². The molecule has 0 radical (unpaired) electrons. The molecule has 0 heterocycles. The van der Waals surface area contributed by atoms with Crippen LogP contribution in [0.5, 0.6) is 0 Å². The standard InChI is InChI=1S/C8H12N.C5H5.Fe/c1-7(9-2)8-5-3-4-6-8;1-2-4-5-3-1;/h3-7,9H,1-2H3;1-5H;/q2*-1;+2. The maximum atomic E-state index is 3.17. The van der Waals surface area contributed by atoms with Gasteiger partial charge in [-0.2, -0.15) is 30.3 Å². The van der Waals surface area contributed by atoms with Crippen LogP contribution in [-0.2, 0) is 17.1 Å². The maximum Gasteiger partial charge on any atom is 2.00 e. The van der Waals surface area contributed by atoms with Gasteiger partial charge in [0.25, 0.3) is 0 Å². The zero-order valence-electron chi connectivity index (χ0n) is 9.13. The normalized spacial score (nSPS) is 10.8. The molecule has 0 aliphatic heterocycles. The van der Waals surface area contributed by atoms with Crippen molar-refractivity contribution < 1.29 is 17.1 Å². The zero-order chi connectivity index (χ0) is 10.2. The van der Waals surface area contributed by atoms with E-state index in [-0.39, 0.29) is 17.1 Å². The summed E-state index contributed by atoms with van der Waals surface area (Å²) >= 11 is 0. The summed E-state index contributed by atoms with van der Waals surface area (Å²) in [6.45, 7) is 2.15. The summed E-state index contributed by atoms with van der Waals surface area (Å²) in [4.78, 5) is 0. The van der Waals surface area contributed by atoms with Crippen molar-refractivity contribution in [3.05, 3.63) is 60.2 Å². The predicted octanol–water partition coefficient (Wildman–Crippen LogP) is 3.09. The largest absolute Gasteiger partial charge is 2.00 e. The van der Waals surface area contributed by atoms with Crippen molar-refractivity contribution >= 4 is 0 Å². The van der Waals surface area contributed by atoms with Crippen molar-refractivity contribution in [3.63, 3.8) is 0 Å². The van der Waals surface area contributed by atoms with Gasteiger partial charge in [-0.1, -0.05) is 6.92 Å². The van der Waals surface area contributed by atoms with Crippen LogP contribution in [0.25, 0.3) is 0 Å². The molecule has 0 amide bonds. The number of nitrogens with one attached hydrogen (secondary N) is 1. The summed E-state index contributed by atoms with van der Waals surface area (Å²) < 4.78 is 0. The average molecular weight is 243 g/mol. The Balaban J connectivity index is 0.000000280. The Bertz CT molecular complexity index is 280. The smallest absolute Gasteiger partial charge is 0.324 e. The van der Waals surface area contributed by atoms with Gasteiger partial charge in [-0.25, -0.2) is 24.3 Å². The van der Waals surface area contributed by atoms with Crippen molar-refractivity contribution in [3.8, 4) is 0 Å². The number of hydrogen-bond donors (Lipinski definition) is 1. The van der Waals surface area contributed by atoms with Gasteiger partial charge in [0, 0.05) is 0 Å². The Morgan fingerprint density at radius 2 is 1.60 bits per heavy atom. The Hall–Kier alpha value is -0.821. The molecule has 0 aromatic heterocycles. The molecule has 0 spiro atoms. The monoisotopic (exact) mass is 243 g/mol. The third-order valence-corrected chi connectivity index (χ3v) is 2.18. The minimum Gasteiger partial charge on any atom is -0.324 e. The fourth-order valence-electron chi connectivity index (χ4n) is 1.16. The molecule has 1 unspecified atom stereocenters. The van der Waals surface area contributed by atoms with Crippen molar-refractivity contribution in [1.29, 1.82) is 0 Å². The van der Waals surface area contributed by atoms with E-state index in [1.807, 2.05) is 37.4 Å². The summed E-state index contributed by atoms with van der Waals surface area (Å²) in [6.07, 6.45) is 0. The third kappa shape index (κ3) is 5.58. The molecule has 0 aliphatic carbocycles. The van der Waals surface area contributed by atoms with Gasteiger partial charge in [-0.3, -0.25) is 0 Å². The zero-order valence-corrected chi connectivity index (χ0v) is 10.2. The Kier molecular flexibility index (Phi) is 8.02. The van der Waals surface area contributed by atoms with Gasteiger partial charge in [-0.15, -0.1) is 5.56 Å². The van der Waals surface area contributed by atoms with Gasteiger partial charge in [0.05, 0.1) is 0 Å². The Labute approximate surface area is 103 Å². The van der Waals surface area contributed by atoms with Crippen LogP contribution in [0.4, 0.5) is 0 Å². The Morgan fingerprint density at radius 1 is 1.07 bits per heavy atom. The van der Waals surface area contributed by atoms with Gasteiger partial charge in [-0.05, 0) is 13.1 Å². The molecule has 2 rings (SSSR count). The molecule has 0 saturated heterocycles. The van der Waals surface area contributed by atoms with Crippen molar-refractivity contribution in [2.45, 2.75) is 13.0 Å². The van der Waals surface area contributed by atoms with Crippen molar-refractivity contribution in [2.24, 2.45) is 0 Å². The molecular formula is C13H17FeN. The second-order valence-electron chi connectivity index (χ2n) is 3.19. The topological polar surface area (TPSA) is 12.0 Å². The molecule has 0 bridgehead atoms. The second-order valence-corrected chi connectivity index (χ2v) is 3.19. The van der Waals surface area contributed by atoms with E-state index in [2.05, 4.69) is 36.5 Å². The van der Waals surface area contributed by atoms with E-state index < -0.39 is 0 Å². The SMILES string of the molecule is CNC(C)[c-]1cccc1.[Fe+2].c1cc[cH-]c1. The molecular weight excluding hydrogens is 226 g/mol. The quantitative estimate of drug-likeness (QED) is 0.631. The molecule has 1 N–H and O–H groups in total. The van der Waals surface area contributed by atoms with E-state index >= 15 is 0 Å². The van der Waals surface area contributed by atoms with Crippen molar-refractivity contribution in [1.82, 2.24) is 5.32 Å². The molecule has 2 aromatic rings. The Morgan fingerprint density at radius 3 is 1.93 bits per heavy atom. The molecule has 1 atom stereocenters. The van der Waals surface area contributed by atoms with E-state index in [0.717, 1.165) is 0 Å². The number of rotatable bonds is 2. The maximum absolute atomic E-state index is 3.17. The van der Waals surface area contributed by atoms with E-state index in [9.17, 15) is 0 Å². The minimum atomic E-state index is 0. The van der Waals surface area contributed by atoms with Gasteiger partial charge < -0.3 is 5.32 Å². The van der Waals surface area contributed by atoms with Crippen molar-refractivity contribution in [2.75, 3.05) is 7.05 Å². The van der Waals surface area contributed by atoms with Crippen LogP contribution >= 0.6 is 0 Å².